The molecule has 0 aliphatic heterocycles. The normalized spacial score (nSPS) is 11.2. The van der Waals surface area contributed by atoms with Gasteiger partial charge in [0.2, 0.25) is 0 Å². The molecular weight excluding hydrogens is 212 g/mol. The molecule has 0 unspecified atom stereocenters. The summed E-state index contributed by atoms with van der Waals surface area (Å²) in [5.41, 5.74) is 2.73. The molecule has 0 atom stereocenters. The van der Waals surface area contributed by atoms with Crippen LogP contribution in [0.1, 0.15) is 61.8 Å². The van der Waals surface area contributed by atoms with E-state index in [1.165, 1.54) is 6.42 Å². The second-order valence-corrected chi connectivity index (χ2v) is 5.08. The van der Waals surface area contributed by atoms with Crippen molar-refractivity contribution in [3.8, 4) is 0 Å². The van der Waals surface area contributed by atoms with Crippen LogP contribution in [0.25, 0.3) is 0 Å². The first kappa shape index (κ1) is 13.9. The van der Waals surface area contributed by atoms with Crippen molar-refractivity contribution >= 4 is 5.78 Å². The molecule has 17 heavy (non-hydrogen) atoms. The van der Waals surface area contributed by atoms with E-state index in [0.717, 1.165) is 35.8 Å². The lowest BCUT2D eigenvalue weighted by Crippen LogP contribution is -2.05. The number of aromatic nitrogens is 2. The first-order valence-electron chi connectivity index (χ1n) is 6.54. The fourth-order valence-electron chi connectivity index (χ4n) is 2.14. The van der Waals surface area contributed by atoms with Crippen LogP contribution in [-0.4, -0.2) is 15.6 Å². The van der Waals surface area contributed by atoms with Crippen LogP contribution in [0, 0.1) is 19.8 Å². The number of rotatable bonds is 6. The third-order valence-corrected chi connectivity index (χ3v) is 3.13. The number of hydrogen-bond acceptors (Lipinski definition) is 2. The van der Waals surface area contributed by atoms with Crippen molar-refractivity contribution in [1.82, 2.24) is 9.78 Å². The zero-order valence-corrected chi connectivity index (χ0v) is 11.7. The van der Waals surface area contributed by atoms with Gasteiger partial charge in [0.05, 0.1) is 11.3 Å². The number of carbonyl (C=O) groups excluding carboxylic acids is 1. The van der Waals surface area contributed by atoms with Crippen LogP contribution in [0.4, 0.5) is 0 Å². The molecule has 0 spiro atoms. The van der Waals surface area contributed by atoms with E-state index in [2.05, 4.69) is 18.9 Å². The smallest absolute Gasteiger partial charge is 0.166 e. The molecule has 1 aromatic rings. The summed E-state index contributed by atoms with van der Waals surface area (Å²) in [6, 6.07) is 0. The Bertz CT molecular complexity index is 391. The van der Waals surface area contributed by atoms with Gasteiger partial charge in [-0.1, -0.05) is 20.8 Å². The molecule has 0 fully saturated rings. The number of carbonyl (C=O) groups is 1. The third kappa shape index (κ3) is 3.42. The molecule has 1 rings (SSSR count). The van der Waals surface area contributed by atoms with Crippen LogP contribution in [0.15, 0.2) is 0 Å². The van der Waals surface area contributed by atoms with Crippen LogP contribution in [0.5, 0.6) is 0 Å². The molecule has 1 heterocycles. The monoisotopic (exact) mass is 236 g/mol. The average molecular weight is 236 g/mol. The minimum Gasteiger partial charge on any atom is -0.294 e. The summed E-state index contributed by atoms with van der Waals surface area (Å²) in [5, 5.41) is 4.47. The molecule has 0 saturated carbocycles. The molecule has 1 aromatic heterocycles. The minimum absolute atomic E-state index is 0.204. The van der Waals surface area contributed by atoms with Crippen LogP contribution in [0.2, 0.25) is 0 Å². The third-order valence-electron chi connectivity index (χ3n) is 3.13. The fourth-order valence-corrected chi connectivity index (χ4v) is 2.14. The lowest BCUT2D eigenvalue weighted by atomic mass is 10.1. The van der Waals surface area contributed by atoms with Gasteiger partial charge in [-0.3, -0.25) is 9.48 Å². The maximum absolute atomic E-state index is 11.8. The average Bonchev–Trinajstić information content (AvgIpc) is 2.53. The second-order valence-electron chi connectivity index (χ2n) is 5.08. The molecule has 0 N–H and O–H groups in total. The summed E-state index contributed by atoms with van der Waals surface area (Å²) in [6.45, 7) is 11.2. The first-order valence-corrected chi connectivity index (χ1v) is 6.54. The highest BCUT2D eigenvalue weighted by molar-refractivity contribution is 5.97. The van der Waals surface area contributed by atoms with Crippen molar-refractivity contribution < 1.29 is 4.79 Å². The summed E-state index contributed by atoms with van der Waals surface area (Å²) in [7, 11) is 0. The molecule has 0 aliphatic carbocycles. The molecule has 0 radical (unpaired) electrons. The van der Waals surface area contributed by atoms with Crippen molar-refractivity contribution in [3.05, 3.63) is 17.0 Å². The number of nitrogens with zero attached hydrogens (tertiary/aromatic N) is 2. The van der Waals surface area contributed by atoms with E-state index in [0.29, 0.717) is 6.42 Å². The number of hydrogen-bond donors (Lipinski definition) is 0. The van der Waals surface area contributed by atoms with Crippen LogP contribution in [-0.2, 0) is 6.54 Å². The van der Waals surface area contributed by atoms with E-state index in [4.69, 9.17) is 0 Å². The molecule has 0 bridgehead atoms. The molecule has 3 nitrogen and oxygen atoms in total. The first-order chi connectivity index (χ1) is 7.97. The summed E-state index contributed by atoms with van der Waals surface area (Å²) < 4.78 is 1.99. The van der Waals surface area contributed by atoms with Gasteiger partial charge >= 0.3 is 0 Å². The van der Waals surface area contributed by atoms with Gasteiger partial charge in [-0.2, -0.15) is 5.10 Å². The van der Waals surface area contributed by atoms with Crippen molar-refractivity contribution in [1.29, 1.82) is 0 Å². The highest BCUT2D eigenvalue weighted by Gasteiger charge is 2.16. The zero-order chi connectivity index (χ0) is 13.0. The quantitative estimate of drug-likeness (QED) is 0.708. The molecule has 0 amide bonds. The van der Waals surface area contributed by atoms with Crippen LogP contribution in [0.3, 0.4) is 0 Å². The predicted molar refractivity (Wildman–Crippen MR) is 70.4 cm³/mol. The summed E-state index contributed by atoms with van der Waals surface area (Å²) >= 11 is 0. The van der Waals surface area contributed by atoms with Crippen LogP contribution >= 0.6 is 0 Å². The summed E-state index contributed by atoms with van der Waals surface area (Å²) in [4.78, 5) is 11.8. The van der Waals surface area contributed by atoms with E-state index >= 15 is 0 Å². The van der Waals surface area contributed by atoms with E-state index in [1.54, 1.807) is 0 Å². The standard InChI is InChI=1S/C14H24N2O/c1-6-13(17)14-11(4)15-16(12(14)5)9-7-8-10(2)3/h10H,6-9H2,1-5H3. The Balaban J connectivity index is 2.78. The van der Waals surface area contributed by atoms with Crippen molar-refractivity contribution in [2.45, 2.75) is 60.4 Å². The Morgan fingerprint density at radius 1 is 1.35 bits per heavy atom. The molecule has 3 heteroatoms. The van der Waals surface area contributed by atoms with Gasteiger partial charge in [-0.05, 0) is 32.6 Å². The fraction of sp³-hybridized carbons (Fsp3) is 0.714. The van der Waals surface area contributed by atoms with E-state index in [1.807, 2.05) is 25.5 Å². The molecule has 0 aromatic carbocycles. The Kier molecular flexibility index (Phi) is 4.91. The van der Waals surface area contributed by atoms with Crippen LogP contribution < -0.4 is 0 Å². The number of aryl methyl sites for hydroxylation is 2. The van der Waals surface area contributed by atoms with E-state index in [9.17, 15) is 4.79 Å². The van der Waals surface area contributed by atoms with Crippen molar-refractivity contribution in [3.63, 3.8) is 0 Å². The van der Waals surface area contributed by atoms with Gasteiger partial charge in [0.1, 0.15) is 0 Å². The van der Waals surface area contributed by atoms with Gasteiger partial charge in [-0.15, -0.1) is 0 Å². The van der Waals surface area contributed by atoms with Gasteiger partial charge in [0.25, 0.3) is 0 Å². The molecular formula is C14H24N2O. The molecule has 0 aliphatic rings. The SMILES string of the molecule is CCC(=O)c1c(C)nn(CCCC(C)C)c1C. The predicted octanol–water partition coefficient (Wildman–Crippen LogP) is 3.53. The van der Waals surface area contributed by atoms with E-state index < -0.39 is 0 Å². The maximum Gasteiger partial charge on any atom is 0.166 e. The Morgan fingerprint density at radius 2 is 2.00 bits per heavy atom. The summed E-state index contributed by atoms with van der Waals surface area (Å²) in [6.07, 6.45) is 2.88. The topological polar surface area (TPSA) is 34.9 Å². The largest absolute Gasteiger partial charge is 0.294 e. The number of Topliss-reactive ketones (excluding diaryl/α,β-unsaturated/α-hetero) is 1. The van der Waals surface area contributed by atoms with Gasteiger partial charge in [0.15, 0.2) is 5.78 Å². The maximum atomic E-state index is 11.8. The van der Waals surface area contributed by atoms with Gasteiger partial charge in [0, 0.05) is 18.7 Å². The van der Waals surface area contributed by atoms with Crippen molar-refractivity contribution in [2.24, 2.45) is 5.92 Å². The Morgan fingerprint density at radius 3 is 2.53 bits per heavy atom. The Labute approximate surface area is 104 Å². The highest BCUT2D eigenvalue weighted by atomic mass is 16.1. The van der Waals surface area contributed by atoms with Gasteiger partial charge < -0.3 is 0 Å². The van der Waals surface area contributed by atoms with Gasteiger partial charge in [-0.25, -0.2) is 0 Å². The number of ketones is 1. The Hall–Kier alpha value is -1.12. The second kappa shape index (κ2) is 5.99. The zero-order valence-electron chi connectivity index (χ0n) is 11.7. The van der Waals surface area contributed by atoms with Crippen molar-refractivity contribution in [2.75, 3.05) is 0 Å². The molecule has 0 saturated heterocycles. The minimum atomic E-state index is 0.204. The lowest BCUT2D eigenvalue weighted by Gasteiger charge is -2.06. The lowest BCUT2D eigenvalue weighted by molar-refractivity contribution is 0.0987. The summed E-state index contributed by atoms with van der Waals surface area (Å²) in [5.74, 6) is 0.929. The molecule has 96 valence electrons. The highest BCUT2D eigenvalue weighted by Crippen LogP contribution is 2.16. The van der Waals surface area contributed by atoms with E-state index in [-0.39, 0.29) is 5.78 Å².